The summed E-state index contributed by atoms with van der Waals surface area (Å²) in [6.45, 7) is 11.8. The number of hydrogen-bond donors (Lipinski definition) is 0. The van der Waals surface area contributed by atoms with Gasteiger partial charge < -0.3 is 9.47 Å². The van der Waals surface area contributed by atoms with Crippen molar-refractivity contribution in [1.29, 1.82) is 0 Å². The van der Waals surface area contributed by atoms with Crippen LogP contribution in [-0.4, -0.2) is 27.7 Å². The number of benzene rings is 2. The Morgan fingerprint density at radius 1 is 1.20 bits per heavy atom. The summed E-state index contributed by atoms with van der Waals surface area (Å²) >= 11 is 0. The Balaban J connectivity index is 1.95. The van der Waals surface area contributed by atoms with Crippen LogP contribution in [0.4, 0.5) is 4.39 Å². The zero-order chi connectivity index (χ0) is 25.6. The molecule has 1 aromatic heterocycles. The highest BCUT2D eigenvalue weighted by atomic mass is 19.1. The van der Waals surface area contributed by atoms with Crippen molar-refractivity contribution < 1.29 is 18.7 Å². The Bertz CT molecular complexity index is 1210. The van der Waals surface area contributed by atoms with Crippen LogP contribution >= 0.6 is 0 Å². The van der Waals surface area contributed by atoms with Gasteiger partial charge in [0.05, 0.1) is 24.5 Å². The van der Waals surface area contributed by atoms with Crippen LogP contribution in [0.5, 0.6) is 6.01 Å². The number of imidazole rings is 1. The molecule has 0 aliphatic carbocycles. The Morgan fingerprint density at radius 2 is 1.91 bits per heavy atom. The van der Waals surface area contributed by atoms with Crippen molar-refractivity contribution in [2.45, 2.75) is 52.8 Å². The molecule has 0 amide bonds. The van der Waals surface area contributed by atoms with Crippen molar-refractivity contribution in [3.63, 3.8) is 0 Å². The maximum Gasteiger partial charge on any atom is 0.342 e. The van der Waals surface area contributed by atoms with Gasteiger partial charge >= 0.3 is 5.97 Å². The van der Waals surface area contributed by atoms with E-state index < -0.39 is 17.4 Å². The minimum Gasteiger partial charge on any atom is -0.465 e. The van der Waals surface area contributed by atoms with Gasteiger partial charge in [-0.2, -0.15) is 9.89 Å². The van der Waals surface area contributed by atoms with Crippen LogP contribution in [0.1, 0.15) is 61.4 Å². The van der Waals surface area contributed by atoms with E-state index in [1.54, 1.807) is 43.5 Å². The number of ether oxygens (including phenoxy) is 2. The first-order valence-corrected chi connectivity index (χ1v) is 11.4. The number of halogens is 1. The van der Waals surface area contributed by atoms with Crippen molar-refractivity contribution in [1.82, 2.24) is 9.55 Å². The fraction of sp³-hybridized carbons (Fsp3) is 0.333. The summed E-state index contributed by atoms with van der Waals surface area (Å²) in [5.74, 6) is -1.35. The number of esters is 1. The first kappa shape index (κ1) is 25.8. The van der Waals surface area contributed by atoms with E-state index in [0.29, 0.717) is 41.7 Å². The van der Waals surface area contributed by atoms with Crippen LogP contribution in [0.15, 0.2) is 54.2 Å². The van der Waals surface area contributed by atoms with Gasteiger partial charge in [-0.3, -0.25) is 4.57 Å². The van der Waals surface area contributed by atoms with Crippen LogP contribution in [-0.2, 0) is 17.8 Å². The van der Waals surface area contributed by atoms with E-state index in [4.69, 9.17) is 9.47 Å². The summed E-state index contributed by atoms with van der Waals surface area (Å²) in [5, 5.41) is 3.03. The summed E-state index contributed by atoms with van der Waals surface area (Å²) < 4.78 is 27.7. The molecule has 7 nitrogen and oxygen atoms in total. The summed E-state index contributed by atoms with van der Waals surface area (Å²) in [4.78, 5) is 28.2. The van der Waals surface area contributed by atoms with E-state index in [9.17, 15) is 14.1 Å². The van der Waals surface area contributed by atoms with Gasteiger partial charge in [-0.05, 0) is 56.0 Å². The standard InChI is InChI=1S/C27H30FN3O4/c1-6-15-34-26-30-22(7-2)23(16-29-33)31(26)17-18-11-13-19(14-12-18)20-9-8-10-21(28)24(20)25(32)35-27(3,4)5/h7-14H,2,6,15-17H2,1,3-5H3. The lowest BCUT2D eigenvalue weighted by Gasteiger charge is -2.21. The normalized spacial score (nSPS) is 11.2. The topological polar surface area (TPSA) is 82.8 Å². The molecule has 0 saturated heterocycles. The first-order valence-electron chi connectivity index (χ1n) is 11.4. The van der Waals surface area contributed by atoms with Crippen LogP contribution < -0.4 is 4.74 Å². The van der Waals surface area contributed by atoms with E-state index in [2.05, 4.69) is 16.7 Å². The third kappa shape index (κ3) is 6.20. The second-order valence-electron chi connectivity index (χ2n) is 9.01. The molecule has 35 heavy (non-hydrogen) atoms. The highest BCUT2D eigenvalue weighted by molar-refractivity contribution is 5.97. The Morgan fingerprint density at radius 3 is 2.51 bits per heavy atom. The summed E-state index contributed by atoms with van der Waals surface area (Å²) in [6, 6.07) is 12.2. The number of nitroso groups, excluding NO2 is 1. The first-order chi connectivity index (χ1) is 16.7. The van der Waals surface area contributed by atoms with Gasteiger partial charge in [0.25, 0.3) is 6.01 Å². The lowest BCUT2D eigenvalue weighted by molar-refractivity contribution is 0.00657. The third-order valence-corrected chi connectivity index (χ3v) is 5.13. The summed E-state index contributed by atoms with van der Waals surface area (Å²) in [5.41, 5.74) is 2.32. The lowest BCUT2D eigenvalue weighted by Crippen LogP contribution is -2.25. The fourth-order valence-corrected chi connectivity index (χ4v) is 3.61. The molecular formula is C27H30FN3O4. The Kier molecular flexibility index (Phi) is 8.17. The number of hydrogen-bond acceptors (Lipinski definition) is 6. The van der Waals surface area contributed by atoms with E-state index in [1.165, 1.54) is 6.07 Å². The van der Waals surface area contributed by atoms with E-state index in [1.807, 2.05) is 31.2 Å². The molecule has 0 aliphatic rings. The number of nitrogens with zero attached hydrogens (tertiary/aromatic N) is 3. The molecule has 0 fully saturated rings. The molecular weight excluding hydrogens is 449 g/mol. The molecule has 0 bridgehead atoms. The zero-order valence-electron chi connectivity index (χ0n) is 20.5. The van der Waals surface area contributed by atoms with Crippen molar-refractivity contribution in [3.05, 3.63) is 82.3 Å². The van der Waals surface area contributed by atoms with Gasteiger partial charge in [0.15, 0.2) is 0 Å². The molecule has 2 aromatic carbocycles. The second kappa shape index (κ2) is 11.1. The van der Waals surface area contributed by atoms with Gasteiger partial charge in [0.1, 0.15) is 23.5 Å². The molecule has 8 heteroatoms. The predicted molar refractivity (Wildman–Crippen MR) is 134 cm³/mol. The van der Waals surface area contributed by atoms with Gasteiger partial charge in [-0.1, -0.05) is 55.1 Å². The van der Waals surface area contributed by atoms with Gasteiger partial charge in [-0.25, -0.2) is 9.18 Å². The quantitative estimate of drug-likeness (QED) is 0.248. The highest BCUT2D eigenvalue weighted by Crippen LogP contribution is 2.29. The maximum atomic E-state index is 14.7. The Labute approximate surface area is 204 Å². The lowest BCUT2D eigenvalue weighted by atomic mass is 9.98. The molecule has 3 aromatic rings. The molecule has 0 N–H and O–H groups in total. The molecule has 0 unspecified atom stereocenters. The third-order valence-electron chi connectivity index (χ3n) is 5.13. The van der Waals surface area contributed by atoms with Crippen molar-refractivity contribution in [2.75, 3.05) is 6.61 Å². The number of carbonyl (C=O) groups is 1. The van der Waals surface area contributed by atoms with E-state index in [0.717, 1.165) is 12.0 Å². The van der Waals surface area contributed by atoms with Crippen molar-refractivity contribution in [3.8, 4) is 17.1 Å². The maximum absolute atomic E-state index is 14.7. The molecule has 0 saturated carbocycles. The Hall–Kier alpha value is -3.81. The number of rotatable bonds is 10. The number of carbonyl (C=O) groups excluding carboxylic acids is 1. The molecule has 3 rings (SSSR count). The molecule has 184 valence electrons. The van der Waals surface area contributed by atoms with Crippen molar-refractivity contribution in [2.24, 2.45) is 5.18 Å². The van der Waals surface area contributed by atoms with Crippen LogP contribution in [0.3, 0.4) is 0 Å². The zero-order valence-corrected chi connectivity index (χ0v) is 20.5. The minimum atomic E-state index is -0.749. The highest BCUT2D eigenvalue weighted by Gasteiger charge is 2.24. The van der Waals surface area contributed by atoms with Crippen LogP contribution in [0.25, 0.3) is 17.2 Å². The van der Waals surface area contributed by atoms with Crippen LogP contribution in [0, 0.1) is 10.7 Å². The fourth-order valence-electron chi connectivity index (χ4n) is 3.61. The molecule has 1 heterocycles. The van der Waals surface area contributed by atoms with E-state index >= 15 is 0 Å². The van der Waals surface area contributed by atoms with Gasteiger partial charge in [0.2, 0.25) is 0 Å². The van der Waals surface area contributed by atoms with Gasteiger partial charge in [0, 0.05) is 0 Å². The van der Waals surface area contributed by atoms with Gasteiger partial charge in [-0.15, -0.1) is 0 Å². The predicted octanol–water partition coefficient (Wildman–Crippen LogP) is 6.39. The average molecular weight is 480 g/mol. The van der Waals surface area contributed by atoms with Crippen molar-refractivity contribution >= 4 is 12.0 Å². The number of aromatic nitrogens is 2. The molecule has 0 spiro atoms. The largest absolute Gasteiger partial charge is 0.465 e. The summed E-state index contributed by atoms with van der Waals surface area (Å²) in [7, 11) is 0. The monoisotopic (exact) mass is 479 g/mol. The second-order valence-corrected chi connectivity index (χ2v) is 9.01. The SMILES string of the molecule is C=Cc1nc(OCCC)n(Cc2ccc(-c3cccc(F)c3C(=O)OC(C)(C)C)cc2)c1CN=O. The van der Waals surface area contributed by atoms with Crippen LogP contribution in [0.2, 0.25) is 0 Å². The minimum absolute atomic E-state index is 0.0650. The smallest absolute Gasteiger partial charge is 0.342 e. The van der Waals surface area contributed by atoms with E-state index in [-0.39, 0.29) is 12.1 Å². The average Bonchev–Trinajstić information content (AvgIpc) is 3.13. The molecule has 0 atom stereocenters. The molecule has 0 radical (unpaired) electrons. The summed E-state index contributed by atoms with van der Waals surface area (Å²) in [6.07, 6.45) is 2.38. The molecule has 0 aliphatic heterocycles.